The van der Waals surface area contributed by atoms with Gasteiger partial charge in [0.1, 0.15) is 5.60 Å². The van der Waals surface area contributed by atoms with Crippen LogP contribution in [0.4, 0.5) is 4.79 Å². The van der Waals surface area contributed by atoms with Gasteiger partial charge >= 0.3 is 6.09 Å². The molecule has 132 valence electrons. The molecule has 0 unspecified atom stereocenters. The molecule has 1 aromatic carbocycles. The summed E-state index contributed by atoms with van der Waals surface area (Å²) in [6.07, 6.45) is 0.968. The minimum absolute atomic E-state index is 0.152. The molecule has 0 saturated carbocycles. The Morgan fingerprint density at radius 3 is 2.08 bits per heavy atom. The highest BCUT2D eigenvalue weighted by molar-refractivity contribution is 5.77. The van der Waals surface area contributed by atoms with Crippen molar-refractivity contribution in [2.24, 2.45) is 0 Å². The van der Waals surface area contributed by atoms with E-state index in [0.29, 0.717) is 32.6 Å². The Kier molecular flexibility index (Phi) is 5.86. The highest BCUT2D eigenvalue weighted by Crippen LogP contribution is 2.13. The Balaban J connectivity index is 1.76. The minimum atomic E-state index is -0.488. The second kappa shape index (κ2) is 7.69. The summed E-state index contributed by atoms with van der Waals surface area (Å²) >= 11 is 0. The molecule has 1 aliphatic rings. The van der Waals surface area contributed by atoms with Gasteiger partial charge in [0.25, 0.3) is 0 Å². The number of ether oxygens (including phenoxy) is 1. The highest BCUT2D eigenvalue weighted by Gasteiger charge is 2.27. The van der Waals surface area contributed by atoms with Crippen LogP contribution in [0.1, 0.15) is 38.3 Å². The van der Waals surface area contributed by atoms with Gasteiger partial charge in [-0.3, -0.25) is 4.79 Å². The van der Waals surface area contributed by atoms with Gasteiger partial charge in [-0.1, -0.05) is 29.8 Å². The van der Waals surface area contributed by atoms with Gasteiger partial charge in [-0.05, 0) is 39.7 Å². The number of benzene rings is 1. The summed E-state index contributed by atoms with van der Waals surface area (Å²) in [6.45, 7) is 9.84. The monoisotopic (exact) mass is 332 g/mol. The van der Waals surface area contributed by atoms with Crippen LogP contribution in [0.2, 0.25) is 0 Å². The van der Waals surface area contributed by atoms with Crippen molar-refractivity contribution in [1.82, 2.24) is 9.80 Å². The van der Waals surface area contributed by atoms with Crippen LogP contribution in [0.3, 0.4) is 0 Å². The lowest BCUT2D eigenvalue weighted by molar-refractivity contribution is -0.132. The van der Waals surface area contributed by atoms with E-state index in [2.05, 4.69) is 31.2 Å². The molecule has 1 aromatic rings. The zero-order chi connectivity index (χ0) is 17.7. The summed E-state index contributed by atoms with van der Waals surface area (Å²) < 4.78 is 5.37. The van der Waals surface area contributed by atoms with Gasteiger partial charge in [-0.15, -0.1) is 0 Å². The van der Waals surface area contributed by atoms with Gasteiger partial charge in [-0.25, -0.2) is 4.79 Å². The number of hydrogen-bond acceptors (Lipinski definition) is 3. The van der Waals surface area contributed by atoms with Crippen molar-refractivity contribution in [1.29, 1.82) is 0 Å². The van der Waals surface area contributed by atoms with E-state index in [-0.39, 0.29) is 12.0 Å². The zero-order valence-corrected chi connectivity index (χ0v) is 15.2. The van der Waals surface area contributed by atoms with Crippen LogP contribution in [0.15, 0.2) is 24.3 Å². The molecule has 1 fully saturated rings. The fourth-order valence-electron chi connectivity index (χ4n) is 2.63. The predicted octanol–water partition coefficient (Wildman–Crippen LogP) is 3.01. The molecule has 0 radical (unpaired) electrons. The Bertz CT molecular complexity index is 567. The Hall–Kier alpha value is -2.04. The molecule has 0 atom stereocenters. The van der Waals surface area contributed by atoms with Crippen molar-refractivity contribution >= 4 is 12.0 Å². The molecule has 5 heteroatoms. The average molecular weight is 332 g/mol. The highest BCUT2D eigenvalue weighted by atomic mass is 16.6. The quantitative estimate of drug-likeness (QED) is 0.855. The molecule has 0 bridgehead atoms. The second-order valence-corrected chi connectivity index (χ2v) is 7.33. The van der Waals surface area contributed by atoms with Crippen LogP contribution in [-0.2, 0) is 16.0 Å². The summed E-state index contributed by atoms with van der Waals surface area (Å²) in [5.74, 6) is 0.152. The van der Waals surface area contributed by atoms with E-state index in [0.717, 1.165) is 6.42 Å². The fraction of sp³-hybridized carbons (Fsp3) is 0.579. The molecule has 1 aliphatic heterocycles. The number of hydrogen-bond donors (Lipinski definition) is 0. The maximum absolute atomic E-state index is 12.3. The maximum atomic E-state index is 12.3. The third-order valence-electron chi connectivity index (χ3n) is 4.03. The van der Waals surface area contributed by atoms with Crippen LogP contribution < -0.4 is 0 Å². The van der Waals surface area contributed by atoms with Crippen molar-refractivity contribution in [3.8, 4) is 0 Å². The lowest BCUT2D eigenvalue weighted by atomic mass is 10.1. The first kappa shape index (κ1) is 18.3. The first-order valence-corrected chi connectivity index (χ1v) is 8.56. The topological polar surface area (TPSA) is 49.9 Å². The molecule has 24 heavy (non-hydrogen) atoms. The number of nitrogens with zero attached hydrogens (tertiary/aromatic N) is 2. The Morgan fingerprint density at radius 2 is 1.54 bits per heavy atom. The number of carbonyl (C=O) groups is 2. The average Bonchev–Trinajstić information content (AvgIpc) is 2.52. The van der Waals surface area contributed by atoms with Crippen LogP contribution in [-0.4, -0.2) is 53.6 Å². The summed E-state index contributed by atoms with van der Waals surface area (Å²) in [4.78, 5) is 27.9. The predicted molar refractivity (Wildman–Crippen MR) is 93.9 cm³/mol. The zero-order valence-electron chi connectivity index (χ0n) is 15.2. The number of amides is 2. The molecule has 2 amide bonds. The maximum Gasteiger partial charge on any atom is 0.410 e. The summed E-state index contributed by atoms with van der Waals surface area (Å²) in [7, 11) is 0. The van der Waals surface area contributed by atoms with Crippen molar-refractivity contribution in [2.45, 2.75) is 46.1 Å². The van der Waals surface area contributed by atoms with Crippen LogP contribution in [0.5, 0.6) is 0 Å². The van der Waals surface area contributed by atoms with Gasteiger partial charge in [0.15, 0.2) is 0 Å². The largest absolute Gasteiger partial charge is 0.444 e. The van der Waals surface area contributed by atoms with Gasteiger partial charge in [0.05, 0.1) is 0 Å². The third-order valence-corrected chi connectivity index (χ3v) is 4.03. The van der Waals surface area contributed by atoms with Crippen molar-refractivity contribution in [3.63, 3.8) is 0 Å². The molecule has 0 N–H and O–H groups in total. The summed E-state index contributed by atoms with van der Waals surface area (Å²) in [5, 5.41) is 0. The normalized spacial score (nSPS) is 15.3. The van der Waals surface area contributed by atoms with E-state index in [1.165, 1.54) is 11.1 Å². The molecule has 2 rings (SSSR count). The fourth-order valence-corrected chi connectivity index (χ4v) is 2.63. The molecular formula is C19H28N2O3. The summed E-state index contributed by atoms with van der Waals surface area (Å²) in [5.41, 5.74) is 1.92. The number of carbonyl (C=O) groups excluding carboxylic acids is 2. The van der Waals surface area contributed by atoms with Gasteiger partial charge in [-0.2, -0.15) is 0 Å². The molecule has 5 nitrogen and oxygen atoms in total. The minimum Gasteiger partial charge on any atom is -0.444 e. The number of aryl methyl sites for hydroxylation is 2. The molecule has 1 saturated heterocycles. The second-order valence-electron chi connectivity index (χ2n) is 7.33. The van der Waals surface area contributed by atoms with Crippen molar-refractivity contribution < 1.29 is 14.3 Å². The molecule has 0 aromatic heterocycles. The van der Waals surface area contributed by atoms with Crippen molar-refractivity contribution in [3.05, 3.63) is 35.4 Å². The van der Waals surface area contributed by atoms with E-state index in [1.807, 2.05) is 25.7 Å². The lowest BCUT2D eigenvalue weighted by Crippen LogP contribution is -2.51. The lowest BCUT2D eigenvalue weighted by Gasteiger charge is -2.35. The third kappa shape index (κ3) is 5.55. The molecular weight excluding hydrogens is 304 g/mol. The van der Waals surface area contributed by atoms with E-state index in [9.17, 15) is 9.59 Å². The van der Waals surface area contributed by atoms with E-state index in [4.69, 9.17) is 4.74 Å². The van der Waals surface area contributed by atoms with Crippen LogP contribution in [0.25, 0.3) is 0 Å². The first-order valence-electron chi connectivity index (χ1n) is 8.56. The number of rotatable bonds is 3. The number of piperazine rings is 1. The van der Waals surface area contributed by atoms with Gasteiger partial charge < -0.3 is 14.5 Å². The SMILES string of the molecule is Cc1ccc(CCC(=O)N2CCN(C(=O)OC(C)(C)C)CC2)cc1. The molecule has 0 aliphatic carbocycles. The van der Waals surface area contributed by atoms with E-state index < -0.39 is 5.60 Å². The van der Waals surface area contributed by atoms with E-state index in [1.54, 1.807) is 4.90 Å². The Morgan fingerprint density at radius 1 is 1.00 bits per heavy atom. The molecule has 0 spiro atoms. The Labute approximate surface area is 144 Å². The van der Waals surface area contributed by atoms with Gasteiger partial charge in [0, 0.05) is 32.6 Å². The van der Waals surface area contributed by atoms with Crippen molar-refractivity contribution in [2.75, 3.05) is 26.2 Å². The molecule has 1 heterocycles. The standard InChI is InChI=1S/C19H28N2O3/c1-15-5-7-16(8-6-15)9-10-17(22)20-11-13-21(14-12-20)18(23)24-19(2,3)4/h5-8H,9-14H2,1-4H3. The first-order chi connectivity index (χ1) is 11.2. The van der Waals surface area contributed by atoms with E-state index >= 15 is 0 Å². The smallest absolute Gasteiger partial charge is 0.410 e. The summed E-state index contributed by atoms with van der Waals surface area (Å²) in [6, 6.07) is 8.28. The van der Waals surface area contributed by atoms with Crippen LogP contribution >= 0.6 is 0 Å². The van der Waals surface area contributed by atoms with Crippen LogP contribution in [0, 0.1) is 6.92 Å². The van der Waals surface area contributed by atoms with Gasteiger partial charge in [0.2, 0.25) is 5.91 Å².